The maximum absolute atomic E-state index is 15.3. The van der Waals surface area contributed by atoms with E-state index in [4.69, 9.17) is 4.74 Å². The number of rotatable bonds is 4. The maximum atomic E-state index is 15.3. The first kappa shape index (κ1) is 18.6. The number of hydrogen-bond acceptors (Lipinski definition) is 5. The molecule has 2 N–H and O–H groups in total. The van der Waals surface area contributed by atoms with Gasteiger partial charge in [-0.15, -0.1) is 0 Å². The number of allylic oxidation sites excluding steroid dienone is 1. The van der Waals surface area contributed by atoms with Gasteiger partial charge in [-0.25, -0.2) is 9.18 Å². The number of ether oxygens (including phenoxy) is 1. The predicted octanol–water partition coefficient (Wildman–Crippen LogP) is 2.72. The molecule has 2 aliphatic heterocycles. The van der Waals surface area contributed by atoms with E-state index in [9.17, 15) is 14.7 Å². The van der Waals surface area contributed by atoms with Gasteiger partial charge in [-0.1, -0.05) is 6.08 Å². The zero-order valence-corrected chi connectivity index (χ0v) is 16.4. The zero-order valence-electron chi connectivity index (χ0n) is 16.4. The van der Waals surface area contributed by atoms with Gasteiger partial charge in [0, 0.05) is 36.2 Å². The van der Waals surface area contributed by atoms with Crippen molar-refractivity contribution in [3.05, 3.63) is 34.7 Å². The van der Waals surface area contributed by atoms with E-state index < -0.39 is 17.6 Å². The summed E-state index contributed by atoms with van der Waals surface area (Å²) in [5.74, 6) is -1.51. The number of Topliss-reactive ketones (excluding diaryl/α,β-unsaturated/α-hetero) is 1. The predicted molar refractivity (Wildman–Crippen MR) is 105 cm³/mol. The maximum Gasteiger partial charge on any atom is 0.339 e. The van der Waals surface area contributed by atoms with Crippen LogP contribution in [0.5, 0.6) is 5.75 Å². The molecule has 1 saturated carbocycles. The minimum absolute atomic E-state index is 0.134. The van der Waals surface area contributed by atoms with Crippen molar-refractivity contribution in [3.8, 4) is 5.75 Å². The van der Waals surface area contributed by atoms with Gasteiger partial charge in [0.05, 0.1) is 7.11 Å². The number of carbonyl (C=O) groups is 2. The van der Waals surface area contributed by atoms with Crippen LogP contribution in [0, 0.1) is 17.7 Å². The summed E-state index contributed by atoms with van der Waals surface area (Å²) in [6.07, 6.45) is 5.74. The van der Waals surface area contributed by atoms with Gasteiger partial charge in [0.2, 0.25) is 5.78 Å². The molecule has 3 atom stereocenters. The highest BCUT2D eigenvalue weighted by molar-refractivity contribution is 6.25. The number of carboxylic acid groups (broad SMARTS) is 1. The van der Waals surface area contributed by atoms with Gasteiger partial charge in [-0.2, -0.15) is 0 Å². The smallest absolute Gasteiger partial charge is 0.339 e. The summed E-state index contributed by atoms with van der Waals surface area (Å²) in [6, 6.07) is 1.57. The summed E-state index contributed by atoms with van der Waals surface area (Å²) in [5.41, 5.74) is 0.937. The number of ketones is 1. The first-order valence-corrected chi connectivity index (χ1v) is 10.4. The summed E-state index contributed by atoms with van der Waals surface area (Å²) >= 11 is 0. The van der Waals surface area contributed by atoms with Crippen LogP contribution >= 0.6 is 0 Å². The molecule has 1 aromatic carbocycles. The summed E-state index contributed by atoms with van der Waals surface area (Å²) in [6.45, 7) is 2.44. The Balaban J connectivity index is 1.63. The summed E-state index contributed by atoms with van der Waals surface area (Å²) in [7, 11) is 1.50. The number of anilines is 1. The molecule has 1 unspecified atom stereocenters. The molecule has 0 aromatic heterocycles. The first-order valence-electron chi connectivity index (χ1n) is 10.4. The number of fused-ring (bicyclic) bond motifs is 2. The van der Waals surface area contributed by atoms with Crippen LogP contribution < -0.4 is 15.0 Å². The topological polar surface area (TPSA) is 78.9 Å². The molecule has 5 rings (SSSR count). The lowest BCUT2D eigenvalue weighted by Gasteiger charge is -2.29. The normalized spacial score (nSPS) is 28.6. The summed E-state index contributed by atoms with van der Waals surface area (Å²) in [5, 5.41) is 13.0. The van der Waals surface area contributed by atoms with E-state index in [2.05, 4.69) is 5.32 Å². The van der Waals surface area contributed by atoms with Gasteiger partial charge < -0.3 is 20.1 Å². The molecular weight excluding hydrogens is 375 g/mol. The van der Waals surface area contributed by atoms with Gasteiger partial charge in [-0.05, 0) is 50.1 Å². The molecular formula is C22H25FN2O4. The van der Waals surface area contributed by atoms with Crippen LogP contribution in [0.15, 0.2) is 17.7 Å². The standard InChI is InChI=1S/C22H25FN2O4/c1-29-21-18-13(11-4-5-11)7-15(22(27)28)20(26)14(18)8-16(23)19(21)25-9-12-3-2-6-24-17(12)10-25/h7-8,11-13,17,24H,2-6,9-10H2,1H3,(H,27,28)/t12-,13?,17+/m0/s1. The summed E-state index contributed by atoms with van der Waals surface area (Å²) in [4.78, 5) is 26.4. The fourth-order valence-electron chi connectivity index (χ4n) is 5.36. The number of carboxylic acids is 1. The number of piperidine rings is 1. The molecule has 29 heavy (non-hydrogen) atoms. The Morgan fingerprint density at radius 1 is 1.28 bits per heavy atom. The van der Waals surface area contributed by atoms with Crippen LogP contribution in [0.25, 0.3) is 0 Å². The van der Waals surface area contributed by atoms with Crippen molar-refractivity contribution < 1.29 is 23.8 Å². The molecule has 0 bridgehead atoms. The number of hydrogen-bond donors (Lipinski definition) is 2. The highest BCUT2D eigenvalue weighted by atomic mass is 19.1. The average molecular weight is 400 g/mol. The van der Waals surface area contributed by atoms with Crippen molar-refractivity contribution in [1.82, 2.24) is 5.32 Å². The van der Waals surface area contributed by atoms with E-state index in [1.807, 2.05) is 4.90 Å². The molecule has 2 aliphatic carbocycles. The van der Waals surface area contributed by atoms with E-state index in [0.29, 0.717) is 35.5 Å². The molecule has 0 spiro atoms. The highest BCUT2D eigenvalue weighted by Gasteiger charge is 2.44. The molecule has 2 saturated heterocycles. The fourth-order valence-corrected chi connectivity index (χ4v) is 5.36. The number of halogens is 1. The van der Waals surface area contributed by atoms with Crippen LogP contribution in [-0.4, -0.2) is 49.6 Å². The Kier molecular flexibility index (Phi) is 4.38. The second kappa shape index (κ2) is 6.83. The van der Waals surface area contributed by atoms with Crippen LogP contribution in [-0.2, 0) is 4.79 Å². The molecule has 7 heteroatoms. The zero-order chi connectivity index (χ0) is 20.3. The van der Waals surface area contributed by atoms with Gasteiger partial charge in [0.15, 0.2) is 5.82 Å². The van der Waals surface area contributed by atoms with Crippen LogP contribution in [0.3, 0.4) is 0 Å². The minimum Gasteiger partial charge on any atom is -0.494 e. The number of aliphatic carboxylic acids is 1. The molecule has 6 nitrogen and oxygen atoms in total. The second-order valence-electron chi connectivity index (χ2n) is 8.65. The summed E-state index contributed by atoms with van der Waals surface area (Å²) < 4.78 is 21.1. The van der Waals surface area contributed by atoms with E-state index in [1.165, 1.54) is 13.2 Å². The van der Waals surface area contributed by atoms with E-state index in [0.717, 1.165) is 38.8 Å². The first-order chi connectivity index (χ1) is 14.0. The van der Waals surface area contributed by atoms with Crippen molar-refractivity contribution in [3.63, 3.8) is 0 Å². The van der Waals surface area contributed by atoms with E-state index >= 15 is 4.39 Å². The SMILES string of the molecule is COc1c2c(cc(F)c1N1C[C@@H]3CCCN[C@@H]3C1)C(=O)C(C(=O)O)=CC2C1CC1. The largest absolute Gasteiger partial charge is 0.494 e. The van der Waals surface area contributed by atoms with E-state index in [-0.39, 0.29) is 23.0 Å². The fraction of sp³-hybridized carbons (Fsp3) is 0.545. The van der Waals surface area contributed by atoms with Crippen molar-refractivity contribution in [2.45, 2.75) is 37.6 Å². The van der Waals surface area contributed by atoms with Crippen molar-refractivity contribution in [2.75, 3.05) is 31.6 Å². The lowest BCUT2D eigenvalue weighted by atomic mass is 9.79. The third kappa shape index (κ3) is 2.94. The monoisotopic (exact) mass is 400 g/mol. The third-order valence-electron chi connectivity index (χ3n) is 6.90. The average Bonchev–Trinajstić information content (AvgIpc) is 3.45. The van der Waals surface area contributed by atoms with Gasteiger partial charge in [0.25, 0.3) is 0 Å². The van der Waals surface area contributed by atoms with Crippen LogP contribution in [0.1, 0.15) is 47.5 Å². The number of benzene rings is 1. The Morgan fingerprint density at radius 3 is 2.72 bits per heavy atom. The minimum atomic E-state index is -1.26. The Morgan fingerprint density at radius 2 is 2.07 bits per heavy atom. The number of nitrogens with zero attached hydrogens (tertiary/aromatic N) is 1. The quantitative estimate of drug-likeness (QED) is 0.757. The van der Waals surface area contributed by atoms with Gasteiger partial charge in [0.1, 0.15) is 17.0 Å². The van der Waals surface area contributed by atoms with Gasteiger partial charge >= 0.3 is 5.97 Å². The second-order valence-corrected chi connectivity index (χ2v) is 8.65. The molecule has 1 aromatic rings. The van der Waals surface area contributed by atoms with Gasteiger partial charge in [-0.3, -0.25) is 4.79 Å². The Bertz CT molecular complexity index is 910. The molecule has 154 valence electrons. The Labute approximate surface area is 168 Å². The van der Waals surface area contributed by atoms with Crippen molar-refractivity contribution in [1.29, 1.82) is 0 Å². The molecule has 3 fully saturated rings. The molecule has 2 heterocycles. The molecule has 4 aliphatic rings. The van der Waals surface area contributed by atoms with Crippen LogP contribution in [0.4, 0.5) is 10.1 Å². The van der Waals surface area contributed by atoms with Crippen LogP contribution in [0.2, 0.25) is 0 Å². The van der Waals surface area contributed by atoms with Crippen molar-refractivity contribution >= 4 is 17.4 Å². The lowest BCUT2D eigenvalue weighted by Crippen LogP contribution is -2.40. The number of carbonyl (C=O) groups excluding carboxylic acids is 1. The number of methoxy groups -OCH3 is 1. The Hall–Kier alpha value is -2.41. The lowest BCUT2D eigenvalue weighted by molar-refractivity contribution is -0.132. The number of nitrogens with one attached hydrogen (secondary N) is 1. The molecule has 0 amide bonds. The van der Waals surface area contributed by atoms with E-state index in [1.54, 1.807) is 6.08 Å². The molecule has 0 radical (unpaired) electrons. The van der Waals surface area contributed by atoms with Crippen molar-refractivity contribution in [2.24, 2.45) is 11.8 Å². The highest BCUT2D eigenvalue weighted by Crippen LogP contribution is 2.53. The third-order valence-corrected chi connectivity index (χ3v) is 6.90.